The van der Waals surface area contributed by atoms with Crippen molar-refractivity contribution in [3.63, 3.8) is 0 Å². The van der Waals surface area contributed by atoms with Gasteiger partial charge in [0.15, 0.2) is 5.78 Å². The number of carbonyl (C=O) groups excluding carboxylic acids is 1. The lowest BCUT2D eigenvalue weighted by Crippen LogP contribution is -2.43. The summed E-state index contributed by atoms with van der Waals surface area (Å²) in [6.07, 6.45) is 1.82. The van der Waals surface area contributed by atoms with Crippen LogP contribution in [-0.4, -0.2) is 52.5 Å². The Hall–Kier alpha value is -1.82. The van der Waals surface area contributed by atoms with Crippen molar-refractivity contribution in [2.24, 2.45) is 0 Å². The lowest BCUT2D eigenvalue weighted by molar-refractivity contribution is 0.0824. The molecule has 2 aliphatic heterocycles. The number of fused-ring (bicyclic) bond motifs is 1. The number of ketones is 1. The van der Waals surface area contributed by atoms with Gasteiger partial charge in [0.05, 0.1) is 17.6 Å². The number of likely N-dealkylation sites (tertiary alicyclic amines) is 1. The van der Waals surface area contributed by atoms with Crippen molar-refractivity contribution in [2.75, 3.05) is 18.0 Å². The van der Waals surface area contributed by atoms with Crippen LogP contribution in [0.15, 0.2) is 12.1 Å². The normalized spacial score (nSPS) is 22.9. The van der Waals surface area contributed by atoms with Crippen molar-refractivity contribution in [3.05, 3.63) is 22.8 Å². The Bertz CT molecular complexity index is 701. The lowest BCUT2D eigenvalue weighted by Gasteiger charge is -2.31. The predicted octanol–water partition coefficient (Wildman–Crippen LogP) is 3.34. The van der Waals surface area contributed by atoms with Gasteiger partial charge in [-0.1, -0.05) is 11.6 Å². The molecule has 0 saturated carbocycles. The van der Waals surface area contributed by atoms with E-state index in [0.29, 0.717) is 16.5 Å². The predicted molar refractivity (Wildman–Crippen MR) is 98.7 cm³/mol. The Morgan fingerprint density at radius 2 is 1.96 bits per heavy atom. The number of hydrogen-bond acceptors (Lipinski definition) is 5. The molecular weight excluding hydrogens is 340 g/mol. The minimum absolute atomic E-state index is 0.0127. The molecule has 2 fully saturated rings. The third-order valence-electron chi connectivity index (χ3n) is 4.73. The van der Waals surface area contributed by atoms with E-state index in [2.05, 4.69) is 9.88 Å². The molecule has 6 nitrogen and oxygen atoms in total. The first kappa shape index (κ1) is 18.0. The highest BCUT2D eigenvalue weighted by Gasteiger charge is 2.45. The molecule has 0 radical (unpaired) electrons. The lowest BCUT2D eigenvalue weighted by atomic mass is 10.1. The molecule has 0 aromatic carbocycles. The largest absolute Gasteiger partial charge is 0.460 e. The van der Waals surface area contributed by atoms with Crippen LogP contribution in [0.1, 0.15) is 50.9 Å². The first-order valence-electron chi connectivity index (χ1n) is 8.66. The van der Waals surface area contributed by atoms with E-state index >= 15 is 0 Å². The molecule has 2 unspecified atom stereocenters. The van der Waals surface area contributed by atoms with Crippen LogP contribution in [-0.2, 0) is 4.74 Å². The number of aromatic nitrogens is 1. The van der Waals surface area contributed by atoms with Gasteiger partial charge in [-0.05, 0) is 52.7 Å². The van der Waals surface area contributed by atoms with Gasteiger partial charge < -0.3 is 14.5 Å². The molecule has 2 atom stereocenters. The molecule has 25 heavy (non-hydrogen) atoms. The van der Waals surface area contributed by atoms with E-state index in [4.69, 9.17) is 21.7 Å². The maximum absolute atomic E-state index is 12.0. The second-order valence-corrected chi connectivity index (χ2v) is 8.07. The molecule has 1 aromatic rings. The Kier molecular flexibility index (Phi) is 4.66. The summed E-state index contributed by atoms with van der Waals surface area (Å²) >= 11 is 6.08. The number of pyridine rings is 1. The maximum atomic E-state index is 12.0. The smallest absolute Gasteiger partial charge is 0.285 e. The van der Waals surface area contributed by atoms with E-state index in [1.165, 1.54) is 0 Å². The van der Waals surface area contributed by atoms with Gasteiger partial charge >= 0.3 is 0 Å². The average Bonchev–Trinajstić information content (AvgIpc) is 3.05. The van der Waals surface area contributed by atoms with E-state index in [1.807, 2.05) is 25.7 Å². The zero-order chi connectivity index (χ0) is 18.4. The molecule has 3 heterocycles. The van der Waals surface area contributed by atoms with Gasteiger partial charge in [0.1, 0.15) is 16.6 Å². The van der Waals surface area contributed by atoms with Crippen LogP contribution in [0.4, 0.5) is 5.82 Å². The molecule has 0 bridgehead atoms. The van der Waals surface area contributed by atoms with E-state index in [9.17, 15) is 4.79 Å². The van der Waals surface area contributed by atoms with Crippen LogP contribution in [0.3, 0.4) is 0 Å². The summed E-state index contributed by atoms with van der Waals surface area (Å²) in [7, 11) is 0. The topological polar surface area (TPSA) is 69.5 Å². The van der Waals surface area contributed by atoms with E-state index in [0.717, 1.165) is 25.9 Å². The summed E-state index contributed by atoms with van der Waals surface area (Å²) in [6, 6.07) is 4.05. The van der Waals surface area contributed by atoms with Crippen LogP contribution >= 0.6 is 11.6 Å². The number of amidine groups is 1. The first-order chi connectivity index (χ1) is 11.7. The van der Waals surface area contributed by atoms with Crippen molar-refractivity contribution < 1.29 is 9.53 Å². The monoisotopic (exact) mass is 364 g/mol. The van der Waals surface area contributed by atoms with E-state index in [1.54, 1.807) is 19.1 Å². The highest BCUT2D eigenvalue weighted by atomic mass is 35.5. The van der Waals surface area contributed by atoms with E-state index < -0.39 is 0 Å². The number of hydrogen-bond donors (Lipinski definition) is 1. The van der Waals surface area contributed by atoms with Gasteiger partial charge in [-0.3, -0.25) is 10.2 Å². The summed E-state index contributed by atoms with van der Waals surface area (Å²) in [6.45, 7) is 8.97. The van der Waals surface area contributed by atoms with Crippen molar-refractivity contribution >= 4 is 29.2 Å². The SMILES string of the molecule is CC(=O)c1ccc(Cl)nc1N1CCC2C1CCN2C(=N)OC(C)(C)C. The fourth-order valence-corrected chi connectivity index (χ4v) is 3.91. The fourth-order valence-electron chi connectivity index (χ4n) is 3.77. The Labute approximate surface area is 153 Å². The minimum atomic E-state index is -0.385. The van der Waals surface area contributed by atoms with Gasteiger partial charge in [0, 0.05) is 13.1 Å². The molecule has 1 N–H and O–H groups in total. The molecular formula is C18H25ClN4O2. The molecule has 1 aromatic heterocycles. The first-order valence-corrected chi connectivity index (χ1v) is 9.03. The number of rotatable bonds is 2. The minimum Gasteiger partial charge on any atom is -0.460 e. The summed E-state index contributed by atoms with van der Waals surface area (Å²) in [4.78, 5) is 20.6. The Morgan fingerprint density at radius 3 is 2.60 bits per heavy atom. The highest BCUT2D eigenvalue weighted by molar-refractivity contribution is 6.29. The molecule has 2 saturated heterocycles. The number of Topliss-reactive ketones (excluding diaryl/α,β-unsaturated/α-hetero) is 1. The highest BCUT2D eigenvalue weighted by Crippen LogP contribution is 2.36. The number of carbonyl (C=O) groups is 1. The number of anilines is 1. The molecule has 3 rings (SSSR count). The Balaban J connectivity index is 1.82. The van der Waals surface area contributed by atoms with E-state index in [-0.39, 0.29) is 29.5 Å². The van der Waals surface area contributed by atoms with Crippen molar-refractivity contribution in [3.8, 4) is 0 Å². The molecule has 136 valence electrons. The van der Waals surface area contributed by atoms with Gasteiger partial charge in [0.2, 0.25) is 0 Å². The van der Waals surface area contributed by atoms with Gasteiger partial charge in [-0.2, -0.15) is 0 Å². The summed E-state index contributed by atoms with van der Waals surface area (Å²) in [5.41, 5.74) is 0.216. The molecule has 0 spiro atoms. The van der Waals surface area contributed by atoms with Crippen molar-refractivity contribution in [2.45, 2.75) is 58.2 Å². The maximum Gasteiger partial charge on any atom is 0.285 e. The quantitative estimate of drug-likeness (QED) is 0.377. The third kappa shape index (κ3) is 3.59. The van der Waals surface area contributed by atoms with Crippen LogP contribution in [0, 0.1) is 5.41 Å². The van der Waals surface area contributed by atoms with Crippen molar-refractivity contribution in [1.29, 1.82) is 5.41 Å². The number of nitrogens with zero attached hydrogens (tertiary/aromatic N) is 3. The van der Waals surface area contributed by atoms with Crippen LogP contribution in [0.25, 0.3) is 0 Å². The number of halogens is 1. The standard InChI is InChI=1S/C18H25ClN4O2/c1-11(24)12-5-6-15(19)21-16(12)22-9-7-14-13(22)8-10-23(14)17(20)25-18(2,3)4/h5-6,13-14,20H,7-10H2,1-4H3. The Morgan fingerprint density at radius 1 is 1.28 bits per heavy atom. The number of ether oxygens (including phenoxy) is 1. The van der Waals surface area contributed by atoms with Gasteiger partial charge in [-0.25, -0.2) is 4.98 Å². The summed E-state index contributed by atoms with van der Waals surface area (Å²) < 4.78 is 5.75. The zero-order valence-electron chi connectivity index (χ0n) is 15.2. The van der Waals surface area contributed by atoms with Crippen LogP contribution < -0.4 is 4.90 Å². The molecule has 7 heteroatoms. The second kappa shape index (κ2) is 6.48. The average molecular weight is 365 g/mol. The molecule has 0 amide bonds. The summed E-state index contributed by atoms with van der Waals surface area (Å²) in [5.74, 6) is 0.652. The summed E-state index contributed by atoms with van der Waals surface area (Å²) in [5, 5.41) is 8.69. The van der Waals surface area contributed by atoms with Crippen LogP contribution in [0.5, 0.6) is 0 Å². The zero-order valence-corrected chi connectivity index (χ0v) is 15.9. The van der Waals surface area contributed by atoms with Crippen molar-refractivity contribution in [1.82, 2.24) is 9.88 Å². The fraction of sp³-hybridized carbons (Fsp3) is 0.611. The van der Waals surface area contributed by atoms with Gasteiger partial charge in [-0.15, -0.1) is 0 Å². The number of nitrogens with one attached hydrogen (secondary N) is 1. The molecule has 2 aliphatic rings. The van der Waals surface area contributed by atoms with Gasteiger partial charge in [0.25, 0.3) is 6.02 Å². The third-order valence-corrected chi connectivity index (χ3v) is 4.94. The molecule has 0 aliphatic carbocycles. The van der Waals surface area contributed by atoms with Crippen LogP contribution in [0.2, 0.25) is 5.15 Å². The second-order valence-electron chi connectivity index (χ2n) is 7.68.